The number of methoxy groups -OCH3 is 1. The molecule has 1 rings (SSSR count). The van der Waals surface area contributed by atoms with Gasteiger partial charge in [-0.05, 0) is 19.1 Å². The van der Waals surface area contributed by atoms with Crippen molar-refractivity contribution in [2.24, 2.45) is 0 Å². The SMILES string of the molecule is COC(=O)c1ccccc1SCC(C)=O. The molecule has 0 radical (unpaired) electrons. The Balaban J connectivity index is 2.86. The number of carbonyl (C=O) groups excluding carboxylic acids is 2. The lowest BCUT2D eigenvalue weighted by Gasteiger charge is -2.05. The van der Waals surface area contributed by atoms with E-state index in [1.165, 1.54) is 25.8 Å². The van der Waals surface area contributed by atoms with Crippen molar-refractivity contribution in [3.05, 3.63) is 29.8 Å². The van der Waals surface area contributed by atoms with Gasteiger partial charge >= 0.3 is 5.97 Å². The number of ether oxygens (including phenoxy) is 1. The van der Waals surface area contributed by atoms with E-state index in [9.17, 15) is 9.59 Å². The molecule has 0 aliphatic carbocycles. The number of ketones is 1. The average molecular weight is 224 g/mol. The topological polar surface area (TPSA) is 43.4 Å². The lowest BCUT2D eigenvalue weighted by atomic mass is 10.2. The first-order valence-corrected chi connectivity index (χ1v) is 5.43. The highest BCUT2D eigenvalue weighted by molar-refractivity contribution is 8.00. The van der Waals surface area contributed by atoms with Crippen LogP contribution in [0.1, 0.15) is 17.3 Å². The Bertz CT molecular complexity index is 374. The van der Waals surface area contributed by atoms with Gasteiger partial charge in [-0.25, -0.2) is 4.79 Å². The first-order chi connectivity index (χ1) is 7.15. The minimum atomic E-state index is -0.373. The minimum absolute atomic E-state index is 0.0830. The lowest BCUT2D eigenvalue weighted by Crippen LogP contribution is -2.03. The molecule has 4 heteroatoms. The molecule has 0 N–H and O–H groups in total. The maximum absolute atomic E-state index is 11.4. The van der Waals surface area contributed by atoms with Crippen molar-refractivity contribution >= 4 is 23.5 Å². The number of hydrogen-bond donors (Lipinski definition) is 0. The van der Waals surface area contributed by atoms with E-state index in [2.05, 4.69) is 4.74 Å². The highest BCUT2D eigenvalue weighted by atomic mass is 32.2. The smallest absolute Gasteiger partial charge is 0.338 e. The molecule has 0 aromatic heterocycles. The highest BCUT2D eigenvalue weighted by Crippen LogP contribution is 2.23. The highest BCUT2D eigenvalue weighted by Gasteiger charge is 2.11. The monoisotopic (exact) mass is 224 g/mol. The van der Waals surface area contributed by atoms with E-state index in [4.69, 9.17) is 0 Å². The maximum Gasteiger partial charge on any atom is 0.338 e. The van der Waals surface area contributed by atoms with Gasteiger partial charge in [-0.2, -0.15) is 0 Å². The molecule has 0 saturated heterocycles. The number of esters is 1. The van der Waals surface area contributed by atoms with Crippen molar-refractivity contribution in [1.29, 1.82) is 0 Å². The summed E-state index contributed by atoms with van der Waals surface area (Å²) in [5.41, 5.74) is 0.506. The lowest BCUT2D eigenvalue weighted by molar-refractivity contribution is -0.114. The largest absolute Gasteiger partial charge is 0.465 e. The molecule has 0 aliphatic heterocycles. The van der Waals surface area contributed by atoms with Gasteiger partial charge in [0.2, 0.25) is 0 Å². The molecule has 0 amide bonds. The number of carbonyl (C=O) groups is 2. The van der Waals surface area contributed by atoms with E-state index in [0.717, 1.165) is 4.90 Å². The van der Waals surface area contributed by atoms with Gasteiger partial charge in [0.05, 0.1) is 18.4 Å². The van der Waals surface area contributed by atoms with Crippen LogP contribution in [-0.4, -0.2) is 24.6 Å². The number of Topliss-reactive ketones (excluding diaryl/α,β-unsaturated/α-hetero) is 1. The summed E-state index contributed by atoms with van der Waals surface area (Å²) in [5, 5.41) is 0. The zero-order chi connectivity index (χ0) is 11.3. The summed E-state index contributed by atoms with van der Waals surface area (Å²) in [4.78, 5) is 23.0. The molecule has 0 aliphatic rings. The van der Waals surface area contributed by atoms with Crippen molar-refractivity contribution in [3.8, 4) is 0 Å². The van der Waals surface area contributed by atoms with Crippen molar-refractivity contribution in [3.63, 3.8) is 0 Å². The predicted octanol–water partition coefficient (Wildman–Crippen LogP) is 2.15. The van der Waals surface area contributed by atoms with Gasteiger partial charge in [0.25, 0.3) is 0 Å². The fourth-order valence-electron chi connectivity index (χ4n) is 1.05. The molecule has 0 spiro atoms. The van der Waals surface area contributed by atoms with Gasteiger partial charge in [0, 0.05) is 4.90 Å². The summed E-state index contributed by atoms with van der Waals surface area (Å²) in [6.07, 6.45) is 0. The molecule has 3 nitrogen and oxygen atoms in total. The molecule has 0 saturated carbocycles. The molecule has 1 aromatic carbocycles. The van der Waals surface area contributed by atoms with Crippen molar-refractivity contribution in [2.45, 2.75) is 11.8 Å². The number of hydrogen-bond acceptors (Lipinski definition) is 4. The zero-order valence-electron chi connectivity index (χ0n) is 8.65. The molecular formula is C11H12O3S. The summed E-state index contributed by atoms with van der Waals surface area (Å²) < 4.78 is 4.65. The van der Waals surface area contributed by atoms with Crippen LogP contribution in [-0.2, 0) is 9.53 Å². The molecule has 15 heavy (non-hydrogen) atoms. The number of rotatable bonds is 4. The van der Waals surface area contributed by atoms with E-state index in [0.29, 0.717) is 11.3 Å². The Morgan fingerprint density at radius 1 is 1.33 bits per heavy atom. The molecule has 1 aromatic rings. The standard InChI is InChI=1S/C11H12O3S/c1-8(12)7-15-10-6-4-3-5-9(10)11(13)14-2/h3-6H,7H2,1-2H3. The second-order valence-corrected chi connectivity index (χ2v) is 4.00. The summed E-state index contributed by atoms with van der Waals surface area (Å²) in [7, 11) is 1.34. The Morgan fingerprint density at radius 2 is 2.00 bits per heavy atom. The summed E-state index contributed by atoms with van der Waals surface area (Å²) in [5.74, 6) is 0.0786. The molecule has 0 atom stereocenters. The maximum atomic E-state index is 11.4. The summed E-state index contributed by atoms with van der Waals surface area (Å²) >= 11 is 1.35. The molecule has 0 heterocycles. The summed E-state index contributed by atoms with van der Waals surface area (Å²) in [6.45, 7) is 1.52. The quantitative estimate of drug-likeness (QED) is 0.580. The number of thioether (sulfide) groups is 1. The van der Waals surface area contributed by atoms with Crippen LogP contribution in [0.15, 0.2) is 29.2 Å². The Hall–Kier alpha value is -1.29. The van der Waals surface area contributed by atoms with Crippen LogP contribution in [0.2, 0.25) is 0 Å². The zero-order valence-corrected chi connectivity index (χ0v) is 9.47. The molecule has 0 bridgehead atoms. The van der Waals surface area contributed by atoms with E-state index in [1.807, 2.05) is 6.07 Å². The third-order valence-corrected chi connectivity index (χ3v) is 2.94. The molecule has 80 valence electrons. The van der Waals surface area contributed by atoms with Crippen molar-refractivity contribution in [1.82, 2.24) is 0 Å². The van der Waals surface area contributed by atoms with Crippen LogP contribution in [0.25, 0.3) is 0 Å². The Morgan fingerprint density at radius 3 is 2.60 bits per heavy atom. The first-order valence-electron chi connectivity index (χ1n) is 4.44. The first kappa shape index (κ1) is 11.8. The third-order valence-electron chi connectivity index (χ3n) is 1.72. The predicted molar refractivity (Wildman–Crippen MR) is 59.2 cm³/mol. The van der Waals surface area contributed by atoms with E-state index in [-0.39, 0.29) is 11.8 Å². The Kier molecular flexibility index (Phi) is 4.37. The van der Waals surface area contributed by atoms with Gasteiger partial charge in [-0.15, -0.1) is 11.8 Å². The van der Waals surface area contributed by atoms with Crippen LogP contribution in [0.3, 0.4) is 0 Å². The van der Waals surface area contributed by atoms with Crippen LogP contribution in [0, 0.1) is 0 Å². The van der Waals surface area contributed by atoms with Gasteiger partial charge < -0.3 is 4.74 Å². The van der Waals surface area contributed by atoms with Gasteiger partial charge in [0.1, 0.15) is 5.78 Å². The van der Waals surface area contributed by atoms with Crippen molar-refractivity contribution < 1.29 is 14.3 Å². The molecule has 0 fully saturated rings. The minimum Gasteiger partial charge on any atom is -0.465 e. The molecular weight excluding hydrogens is 212 g/mol. The fourth-order valence-corrected chi connectivity index (χ4v) is 1.89. The van der Waals surface area contributed by atoms with E-state index < -0.39 is 0 Å². The van der Waals surface area contributed by atoms with E-state index >= 15 is 0 Å². The second-order valence-electron chi connectivity index (χ2n) is 2.98. The second kappa shape index (κ2) is 5.56. The van der Waals surface area contributed by atoms with Gasteiger partial charge in [-0.3, -0.25) is 4.79 Å². The van der Waals surface area contributed by atoms with Crippen LogP contribution < -0.4 is 0 Å². The van der Waals surface area contributed by atoms with Crippen LogP contribution >= 0.6 is 11.8 Å². The number of benzene rings is 1. The van der Waals surface area contributed by atoms with E-state index in [1.54, 1.807) is 18.2 Å². The molecule has 0 unspecified atom stereocenters. The van der Waals surface area contributed by atoms with Crippen LogP contribution in [0.5, 0.6) is 0 Å². The summed E-state index contributed by atoms with van der Waals surface area (Å²) in [6, 6.07) is 7.09. The fraction of sp³-hybridized carbons (Fsp3) is 0.273. The van der Waals surface area contributed by atoms with Crippen LogP contribution in [0.4, 0.5) is 0 Å². The average Bonchev–Trinajstić information content (AvgIpc) is 2.25. The Labute approximate surface area is 92.8 Å². The van der Waals surface area contributed by atoms with Gasteiger partial charge in [0.15, 0.2) is 0 Å². The van der Waals surface area contributed by atoms with Gasteiger partial charge in [-0.1, -0.05) is 12.1 Å². The third kappa shape index (κ3) is 3.40. The van der Waals surface area contributed by atoms with Crippen molar-refractivity contribution in [2.75, 3.05) is 12.9 Å². The normalized spacial score (nSPS) is 9.73.